The molecule has 0 saturated carbocycles. The number of urea groups is 1. The molecule has 6 nitrogen and oxygen atoms in total. The highest BCUT2D eigenvalue weighted by Gasteiger charge is 2.43. The second kappa shape index (κ2) is 6.81. The molecular formula is C17H23N3O3. The van der Waals surface area contributed by atoms with Crippen molar-refractivity contribution in [1.29, 1.82) is 0 Å². The zero-order chi connectivity index (χ0) is 17.0. The van der Waals surface area contributed by atoms with Crippen molar-refractivity contribution in [3.8, 4) is 0 Å². The predicted molar refractivity (Wildman–Crippen MR) is 86.6 cm³/mol. The number of imide groups is 1. The monoisotopic (exact) mass is 317 g/mol. The number of nitrogens with zero attached hydrogens (tertiary/aromatic N) is 1. The van der Waals surface area contributed by atoms with Gasteiger partial charge in [-0.1, -0.05) is 30.3 Å². The smallest absolute Gasteiger partial charge is 0.325 e. The molecule has 2 rings (SSSR count). The molecule has 4 amide bonds. The summed E-state index contributed by atoms with van der Waals surface area (Å²) in [6.07, 6.45) is 0.719. The average molecular weight is 317 g/mol. The van der Waals surface area contributed by atoms with Crippen LogP contribution in [0.1, 0.15) is 45.2 Å². The Morgan fingerprint density at radius 1 is 1.26 bits per heavy atom. The number of carbonyl (C=O) groups excluding carboxylic acids is 3. The van der Waals surface area contributed by atoms with Gasteiger partial charge < -0.3 is 10.6 Å². The molecule has 0 spiro atoms. The van der Waals surface area contributed by atoms with Gasteiger partial charge in [-0.2, -0.15) is 0 Å². The fourth-order valence-corrected chi connectivity index (χ4v) is 2.56. The normalized spacial score (nSPS) is 17.8. The van der Waals surface area contributed by atoms with E-state index in [1.165, 1.54) is 4.90 Å². The van der Waals surface area contributed by atoms with E-state index in [1.807, 2.05) is 37.3 Å². The molecule has 124 valence electrons. The number of hydrogen-bond acceptors (Lipinski definition) is 3. The van der Waals surface area contributed by atoms with Gasteiger partial charge in [-0.25, -0.2) is 4.79 Å². The van der Waals surface area contributed by atoms with Crippen LogP contribution in [0.15, 0.2) is 30.3 Å². The standard InChI is InChI=1S/C17H23N3O3/c1-12(13-8-5-4-6-9-13)18-14(21)10-7-11-20-15(22)17(2,3)19-16(20)23/h4-6,8-9,12H,7,10-11H2,1-3H3,(H,18,21)(H,19,23). The summed E-state index contributed by atoms with van der Waals surface area (Å²) in [7, 11) is 0. The number of hydrogen-bond donors (Lipinski definition) is 2. The fourth-order valence-electron chi connectivity index (χ4n) is 2.56. The molecule has 1 heterocycles. The lowest BCUT2D eigenvalue weighted by Crippen LogP contribution is -2.40. The minimum atomic E-state index is -0.860. The third-order valence-electron chi connectivity index (χ3n) is 3.91. The number of nitrogens with one attached hydrogen (secondary N) is 2. The Labute approximate surface area is 136 Å². The highest BCUT2D eigenvalue weighted by Crippen LogP contribution is 2.17. The molecule has 1 aliphatic rings. The number of rotatable bonds is 6. The number of benzene rings is 1. The quantitative estimate of drug-likeness (QED) is 0.787. The lowest BCUT2D eigenvalue weighted by atomic mass is 10.1. The first-order valence-electron chi connectivity index (χ1n) is 7.79. The molecule has 1 aromatic rings. The highest BCUT2D eigenvalue weighted by atomic mass is 16.2. The van der Waals surface area contributed by atoms with Crippen LogP contribution in [-0.2, 0) is 9.59 Å². The predicted octanol–water partition coefficient (Wildman–Crippen LogP) is 1.97. The lowest BCUT2D eigenvalue weighted by molar-refractivity contribution is -0.130. The molecule has 23 heavy (non-hydrogen) atoms. The molecule has 0 bridgehead atoms. The fraction of sp³-hybridized carbons (Fsp3) is 0.471. The van der Waals surface area contributed by atoms with E-state index in [0.29, 0.717) is 6.42 Å². The summed E-state index contributed by atoms with van der Waals surface area (Å²) in [5.41, 5.74) is 0.179. The summed E-state index contributed by atoms with van der Waals surface area (Å²) in [6.45, 7) is 5.51. The summed E-state index contributed by atoms with van der Waals surface area (Å²) < 4.78 is 0. The van der Waals surface area contributed by atoms with Crippen molar-refractivity contribution in [3.05, 3.63) is 35.9 Å². The molecule has 2 N–H and O–H groups in total. The zero-order valence-corrected chi connectivity index (χ0v) is 13.8. The molecule has 1 aliphatic heterocycles. The maximum Gasteiger partial charge on any atom is 0.325 e. The molecule has 1 fully saturated rings. The summed E-state index contributed by atoms with van der Waals surface area (Å²) in [5, 5.41) is 5.54. The maximum atomic E-state index is 12.0. The molecule has 0 aromatic heterocycles. The summed E-state index contributed by atoms with van der Waals surface area (Å²) in [6, 6.07) is 9.24. The largest absolute Gasteiger partial charge is 0.350 e. The maximum absolute atomic E-state index is 12.0. The van der Waals surface area contributed by atoms with E-state index in [0.717, 1.165) is 5.56 Å². The Bertz CT molecular complexity index is 598. The van der Waals surface area contributed by atoms with Gasteiger partial charge in [0.1, 0.15) is 5.54 Å². The minimum Gasteiger partial charge on any atom is -0.350 e. The Hall–Kier alpha value is -2.37. The second-order valence-corrected chi connectivity index (χ2v) is 6.32. The van der Waals surface area contributed by atoms with Crippen LogP contribution in [0.4, 0.5) is 4.79 Å². The molecule has 1 saturated heterocycles. The van der Waals surface area contributed by atoms with Crippen LogP contribution in [0.5, 0.6) is 0 Å². The zero-order valence-electron chi connectivity index (χ0n) is 13.8. The van der Waals surface area contributed by atoms with Crippen LogP contribution >= 0.6 is 0 Å². The van der Waals surface area contributed by atoms with Crippen LogP contribution in [0, 0.1) is 0 Å². The van der Waals surface area contributed by atoms with Gasteiger partial charge in [0.15, 0.2) is 0 Å². The van der Waals surface area contributed by atoms with Gasteiger partial charge in [-0.3, -0.25) is 14.5 Å². The first kappa shape index (κ1) is 17.0. The lowest BCUT2D eigenvalue weighted by Gasteiger charge is -2.17. The average Bonchev–Trinajstić information content (AvgIpc) is 2.69. The third kappa shape index (κ3) is 4.09. The van der Waals surface area contributed by atoms with E-state index in [4.69, 9.17) is 0 Å². The van der Waals surface area contributed by atoms with Crippen molar-refractivity contribution >= 4 is 17.8 Å². The van der Waals surface area contributed by atoms with Crippen LogP contribution in [-0.4, -0.2) is 34.8 Å². The van der Waals surface area contributed by atoms with Gasteiger partial charge in [0, 0.05) is 13.0 Å². The molecule has 0 radical (unpaired) electrons. The molecule has 1 atom stereocenters. The van der Waals surface area contributed by atoms with Crippen molar-refractivity contribution < 1.29 is 14.4 Å². The van der Waals surface area contributed by atoms with Crippen molar-refractivity contribution in [3.63, 3.8) is 0 Å². The van der Waals surface area contributed by atoms with Gasteiger partial charge in [0.25, 0.3) is 5.91 Å². The topological polar surface area (TPSA) is 78.5 Å². The summed E-state index contributed by atoms with van der Waals surface area (Å²) in [5.74, 6) is -0.340. The summed E-state index contributed by atoms with van der Waals surface area (Å²) >= 11 is 0. The summed E-state index contributed by atoms with van der Waals surface area (Å²) in [4.78, 5) is 36.9. The van der Waals surface area contributed by atoms with Crippen LogP contribution in [0.3, 0.4) is 0 Å². The second-order valence-electron chi connectivity index (χ2n) is 6.32. The number of amides is 4. The van der Waals surface area contributed by atoms with Gasteiger partial charge >= 0.3 is 6.03 Å². The van der Waals surface area contributed by atoms with E-state index in [-0.39, 0.29) is 30.8 Å². The molecule has 0 aliphatic carbocycles. The highest BCUT2D eigenvalue weighted by molar-refractivity contribution is 6.06. The van der Waals surface area contributed by atoms with Gasteiger partial charge in [0.05, 0.1) is 6.04 Å². The number of carbonyl (C=O) groups is 3. The van der Waals surface area contributed by atoms with Crippen molar-refractivity contribution in [2.24, 2.45) is 0 Å². The Kier molecular flexibility index (Phi) is 5.03. The Balaban J connectivity index is 1.77. The molecule has 1 unspecified atom stereocenters. The molecule has 1 aromatic carbocycles. The third-order valence-corrected chi connectivity index (χ3v) is 3.91. The van der Waals surface area contributed by atoms with E-state index in [2.05, 4.69) is 10.6 Å². The Morgan fingerprint density at radius 3 is 2.48 bits per heavy atom. The van der Waals surface area contributed by atoms with Crippen molar-refractivity contribution in [1.82, 2.24) is 15.5 Å². The molecular weight excluding hydrogens is 294 g/mol. The van der Waals surface area contributed by atoms with E-state index in [1.54, 1.807) is 13.8 Å². The van der Waals surface area contributed by atoms with Gasteiger partial charge in [-0.15, -0.1) is 0 Å². The van der Waals surface area contributed by atoms with Gasteiger partial charge in [0.2, 0.25) is 5.91 Å². The first-order valence-corrected chi connectivity index (χ1v) is 7.79. The Morgan fingerprint density at radius 2 is 1.91 bits per heavy atom. The van der Waals surface area contributed by atoms with Crippen LogP contribution in [0.2, 0.25) is 0 Å². The van der Waals surface area contributed by atoms with E-state index < -0.39 is 11.6 Å². The SMILES string of the molecule is CC(NC(=O)CCCN1C(=O)NC(C)(C)C1=O)c1ccccc1. The van der Waals surface area contributed by atoms with E-state index in [9.17, 15) is 14.4 Å². The van der Waals surface area contributed by atoms with Gasteiger partial charge in [-0.05, 0) is 32.8 Å². The molecule has 6 heteroatoms. The van der Waals surface area contributed by atoms with Crippen LogP contribution in [0.25, 0.3) is 0 Å². The first-order chi connectivity index (χ1) is 10.8. The van der Waals surface area contributed by atoms with Crippen molar-refractivity contribution in [2.45, 2.75) is 45.2 Å². The van der Waals surface area contributed by atoms with Crippen molar-refractivity contribution in [2.75, 3.05) is 6.54 Å². The minimum absolute atomic E-state index is 0.0700. The van der Waals surface area contributed by atoms with Crippen LogP contribution < -0.4 is 10.6 Å². The van der Waals surface area contributed by atoms with E-state index >= 15 is 0 Å².